The van der Waals surface area contributed by atoms with E-state index in [-0.39, 0.29) is 6.04 Å². The zero-order valence-electron chi connectivity index (χ0n) is 12.4. The molecule has 1 atom stereocenters. The van der Waals surface area contributed by atoms with Crippen molar-refractivity contribution >= 4 is 21.6 Å². The van der Waals surface area contributed by atoms with Crippen molar-refractivity contribution in [3.8, 4) is 0 Å². The van der Waals surface area contributed by atoms with Gasteiger partial charge >= 0.3 is 0 Å². The molecule has 1 unspecified atom stereocenters. The zero-order chi connectivity index (χ0) is 14.7. The molecule has 3 rings (SSSR count). The van der Waals surface area contributed by atoms with Gasteiger partial charge in [-0.05, 0) is 36.5 Å². The van der Waals surface area contributed by atoms with Gasteiger partial charge < -0.3 is 9.88 Å². The van der Waals surface area contributed by atoms with E-state index in [4.69, 9.17) is 0 Å². The number of fused-ring (bicyclic) bond motifs is 1. The molecule has 3 aromatic heterocycles. The maximum Gasteiger partial charge on any atom is 0.110 e. The summed E-state index contributed by atoms with van der Waals surface area (Å²) in [6.45, 7) is 3.21. The number of thiophene rings is 1. The summed E-state index contributed by atoms with van der Waals surface area (Å²) >= 11 is 1.74. The Morgan fingerprint density at radius 2 is 2.29 bits per heavy atom. The Kier molecular flexibility index (Phi) is 4.31. The molecule has 110 valence electrons. The van der Waals surface area contributed by atoms with E-state index >= 15 is 0 Å². The lowest BCUT2D eigenvalue weighted by molar-refractivity contribution is 0.542. The normalized spacial score (nSPS) is 12.9. The van der Waals surface area contributed by atoms with E-state index in [1.807, 2.05) is 19.4 Å². The largest absolute Gasteiger partial charge is 0.335 e. The molecular formula is C16H20N4S. The van der Waals surface area contributed by atoms with Crippen LogP contribution in [0.25, 0.3) is 10.2 Å². The summed E-state index contributed by atoms with van der Waals surface area (Å²) in [6, 6.07) is 4.54. The van der Waals surface area contributed by atoms with Gasteiger partial charge in [0.15, 0.2) is 0 Å². The lowest BCUT2D eigenvalue weighted by Crippen LogP contribution is -2.21. The first-order valence-electron chi connectivity index (χ1n) is 7.32. The summed E-state index contributed by atoms with van der Waals surface area (Å²) < 4.78 is 3.48. The van der Waals surface area contributed by atoms with Gasteiger partial charge in [0, 0.05) is 37.6 Å². The molecule has 21 heavy (non-hydrogen) atoms. The van der Waals surface area contributed by atoms with Crippen LogP contribution in [0.5, 0.6) is 0 Å². The molecule has 0 radical (unpaired) electrons. The van der Waals surface area contributed by atoms with Crippen molar-refractivity contribution in [2.24, 2.45) is 0 Å². The number of aryl methyl sites for hydroxylation is 1. The third-order valence-electron chi connectivity index (χ3n) is 3.73. The smallest absolute Gasteiger partial charge is 0.110 e. The molecule has 0 saturated heterocycles. The number of likely N-dealkylation sites (N-methyl/N-ethyl adjacent to an activating group) is 1. The van der Waals surface area contributed by atoms with Crippen LogP contribution < -0.4 is 5.32 Å². The van der Waals surface area contributed by atoms with E-state index in [2.05, 4.69) is 50.5 Å². The summed E-state index contributed by atoms with van der Waals surface area (Å²) in [5.41, 5.74) is 2.30. The predicted octanol–water partition coefficient (Wildman–Crippen LogP) is 3.41. The quantitative estimate of drug-likeness (QED) is 0.758. The third-order valence-corrected chi connectivity index (χ3v) is 4.58. The van der Waals surface area contributed by atoms with E-state index in [1.165, 1.54) is 10.3 Å². The van der Waals surface area contributed by atoms with E-state index in [0.717, 1.165) is 30.7 Å². The van der Waals surface area contributed by atoms with Gasteiger partial charge in [-0.3, -0.25) is 4.98 Å². The van der Waals surface area contributed by atoms with E-state index < -0.39 is 0 Å². The van der Waals surface area contributed by atoms with E-state index in [9.17, 15) is 0 Å². The first-order chi connectivity index (χ1) is 10.3. The van der Waals surface area contributed by atoms with Crippen molar-refractivity contribution in [1.82, 2.24) is 19.9 Å². The highest BCUT2D eigenvalue weighted by Gasteiger charge is 2.14. The molecule has 0 aromatic carbocycles. The van der Waals surface area contributed by atoms with Crippen molar-refractivity contribution < 1.29 is 0 Å². The monoisotopic (exact) mass is 300 g/mol. The number of nitrogens with zero attached hydrogens (tertiary/aromatic N) is 3. The highest BCUT2D eigenvalue weighted by molar-refractivity contribution is 7.17. The van der Waals surface area contributed by atoms with Gasteiger partial charge in [0.05, 0.1) is 10.2 Å². The summed E-state index contributed by atoms with van der Waals surface area (Å²) in [4.78, 5) is 9.05. The van der Waals surface area contributed by atoms with E-state index in [0.29, 0.717) is 0 Å². The standard InChI is InChI=1S/C16H20N4S/c1-3-6-20-7-5-18-16(20)10-14(17-2)12-9-15-13(19-11-12)4-8-21-15/h4-5,7-9,11,14,17H,3,6,10H2,1-2H3. The molecule has 0 saturated carbocycles. The van der Waals surface area contributed by atoms with Crippen molar-refractivity contribution in [3.05, 3.63) is 47.5 Å². The van der Waals surface area contributed by atoms with Gasteiger partial charge in [-0.2, -0.15) is 0 Å². The molecule has 0 aliphatic heterocycles. The topological polar surface area (TPSA) is 42.7 Å². The second kappa shape index (κ2) is 6.37. The predicted molar refractivity (Wildman–Crippen MR) is 87.6 cm³/mol. The summed E-state index contributed by atoms with van der Waals surface area (Å²) in [5.74, 6) is 1.13. The Morgan fingerprint density at radius 3 is 3.10 bits per heavy atom. The van der Waals surface area contributed by atoms with Crippen LogP contribution in [0.2, 0.25) is 0 Å². The van der Waals surface area contributed by atoms with Crippen molar-refractivity contribution in [3.63, 3.8) is 0 Å². The highest BCUT2D eigenvalue weighted by atomic mass is 32.1. The average Bonchev–Trinajstić information content (AvgIpc) is 3.13. The van der Waals surface area contributed by atoms with Gasteiger partial charge in [0.25, 0.3) is 0 Å². The number of aromatic nitrogens is 3. The molecule has 5 heteroatoms. The Balaban J connectivity index is 1.85. The minimum Gasteiger partial charge on any atom is -0.335 e. The molecule has 3 aromatic rings. The molecule has 0 spiro atoms. The van der Waals surface area contributed by atoms with Crippen LogP contribution >= 0.6 is 11.3 Å². The van der Waals surface area contributed by atoms with Crippen LogP contribution in [0.3, 0.4) is 0 Å². The molecule has 1 N–H and O–H groups in total. The highest BCUT2D eigenvalue weighted by Crippen LogP contribution is 2.24. The fourth-order valence-electron chi connectivity index (χ4n) is 2.60. The second-order valence-electron chi connectivity index (χ2n) is 5.15. The number of pyridine rings is 1. The van der Waals surface area contributed by atoms with Crippen molar-refractivity contribution in [1.29, 1.82) is 0 Å². The molecule has 4 nitrogen and oxygen atoms in total. The second-order valence-corrected chi connectivity index (χ2v) is 6.10. The van der Waals surface area contributed by atoms with Gasteiger partial charge in [-0.1, -0.05) is 6.92 Å². The summed E-state index contributed by atoms with van der Waals surface area (Å²) in [7, 11) is 2.00. The molecule has 0 amide bonds. The number of nitrogens with one attached hydrogen (secondary N) is 1. The lowest BCUT2D eigenvalue weighted by atomic mass is 10.1. The maximum absolute atomic E-state index is 4.54. The SMILES string of the molecule is CCCn1ccnc1CC(NC)c1cnc2ccsc2c1. The lowest BCUT2D eigenvalue weighted by Gasteiger charge is -2.17. The number of hydrogen-bond donors (Lipinski definition) is 1. The first-order valence-corrected chi connectivity index (χ1v) is 8.20. The Hall–Kier alpha value is -1.72. The third kappa shape index (κ3) is 2.99. The number of imidazole rings is 1. The van der Waals surface area contributed by atoms with Crippen LogP contribution in [0.4, 0.5) is 0 Å². The van der Waals surface area contributed by atoms with Crippen LogP contribution in [0.15, 0.2) is 36.1 Å². The van der Waals surface area contributed by atoms with Crippen LogP contribution in [-0.2, 0) is 13.0 Å². The van der Waals surface area contributed by atoms with Crippen molar-refractivity contribution in [2.75, 3.05) is 7.05 Å². The minimum absolute atomic E-state index is 0.238. The first kappa shape index (κ1) is 14.2. The molecular weight excluding hydrogens is 280 g/mol. The van der Waals surface area contributed by atoms with Gasteiger partial charge in [0.1, 0.15) is 5.82 Å². The van der Waals surface area contributed by atoms with Gasteiger partial charge in [0.2, 0.25) is 0 Å². The van der Waals surface area contributed by atoms with Gasteiger partial charge in [-0.25, -0.2) is 4.98 Å². The maximum atomic E-state index is 4.54. The van der Waals surface area contributed by atoms with Crippen molar-refractivity contribution in [2.45, 2.75) is 32.4 Å². The van der Waals surface area contributed by atoms with Crippen LogP contribution in [0, 0.1) is 0 Å². The molecule has 0 aliphatic carbocycles. The molecule has 0 aliphatic rings. The molecule has 3 heterocycles. The summed E-state index contributed by atoms with van der Waals surface area (Å²) in [5, 5.41) is 5.48. The van der Waals surface area contributed by atoms with Gasteiger partial charge in [-0.15, -0.1) is 11.3 Å². The Bertz CT molecular complexity index is 716. The molecule has 0 fully saturated rings. The Morgan fingerprint density at radius 1 is 1.38 bits per heavy atom. The molecule has 0 bridgehead atoms. The number of hydrogen-bond acceptors (Lipinski definition) is 4. The fourth-order valence-corrected chi connectivity index (χ4v) is 3.38. The number of rotatable bonds is 6. The Labute approximate surface area is 128 Å². The van der Waals surface area contributed by atoms with Crippen LogP contribution in [0.1, 0.15) is 30.8 Å². The fraction of sp³-hybridized carbons (Fsp3) is 0.375. The zero-order valence-corrected chi connectivity index (χ0v) is 13.2. The van der Waals surface area contributed by atoms with Crippen LogP contribution in [-0.4, -0.2) is 21.6 Å². The average molecular weight is 300 g/mol. The van der Waals surface area contributed by atoms with E-state index in [1.54, 1.807) is 11.3 Å². The minimum atomic E-state index is 0.238. The summed E-state index contributed by atoms with van der Waals surface area (Å²) in [6.07, 6.45) is 7.92.